The van der Waals surface area contributed by atoms with Crippen LogP contribution in [-0.4, -0.2) is 24.0 Å². The lowest BCUT2D eigenvalue weighted by Crippen LogP contribution is -2.33. The molecular formula is C15H19N3OS. The molecule has 2 aromatic rings. The van der Waals surface area contributed by atoms with Gasteiger partial charge >= 0.3 is 0 Å². The topological polar surface area (TPSA) is 54.0 Å². The first-order valence-electron chi connectivity index (χ1n) is 7.10. The van der Waals surface area contributed by atoms with Crippen molar-refractivity contribution in [3.63, 3.8) is 0 Å². The highest BCUT2D eigenvalue weighted by Gasteiger charge is 2.28. The molecule has 1 saturated carbocycles. The van der Waals surface area contributed by atoms with Gasteiger partial charge in [0.25, 0.3) is 0 Å². The Hall–Kier alpha value is -1.46. The van der Waals surface area contributed by atoms with Gasteiger partial charge < -0.3 is 10.6 Å². The molecule has 2 N–H and O–H groups in total. The summed E-state index contributed by atoms with van der Waals surface area (Å²) in [4.78, 5) is 16.1. The second-order valence-electron chi connectivity index (χ2n) is 5.26. The Labute approximate surface area is 122 Å². The Morgan fingerprint density at radius 2 is 2.20 bits per heavy atom. The highest BCUT2D eigenvalue weighted by Crippen LogP contribution is 2.28. The van der Waals surface area contributed by atoms with Crippen molar-refractivity contribution in [2.24, 2.45) is 5.92 Å². The molecule has 1 aliphatic rings. The highest BCUT2D eigenvalue weighted by molar-refractivity contribution is 7.18. The molecule has 0 saturated heterocycles. The quantitative estimate of drug-likeness (QED) is 0.803. The molecule has 1 unspecified atom stereocenters. The molecule has 106 valence electrons. The van der Waals surface area contributed by atoms with Gasteiger partial charge in [0, 0.05) is 19.0 Å². The van der Waals surface area contributed by atoms with Crippen LogP contribution in [0.15, 0.2) is 24.3 Å². The molecule has 20 heavy (non-hydrogen) atoms. The summed E-state index contributed by atoms with van der Waals surface area (Å²) in [6.07, 6.45) is 2.11. The zero-order valence-electron chi connectivity index (χ0n) is 11.6. The third kappa shape index (κ3) is 3.16. The summed E-state index contributed by atoms with van der Waals surface area (Å²) in [5.41, 5.74) is 1.06. The van der Waals surface area contributed by atoms with E-state index in [-0.39, 0.29) is 17.9 Å². The van der Waals surface area contributed by atoms with Gasteiger partial charge in [-0.15, -0.1) is 11.3 Å². The van der Waals surface area contributed by atoms with Gasteiger partial charge in [-0.2, -0.15) is 0 Å². The number of amides is 1. The fraction of sp³-hybridized carbons (Fsp3) is 0.467. The molecule has 0 aliphatic heterocycles. The average molecular weight is 289 g/mol. The van der Waals surface area contributed by atoms with Crippen molar-refractivity contribution in [1.82, 2.24) is 15.6 Å². The van der Waals surface area contributed by atoms with Crippen molar-refractivity contribution in [3.8, 4) is 0 Å². The van der Waals surface area contributed by atoms with Crippen LogP contribution in [0.5, 0.6) is 0 Å². The number of carbonyl (C=O) groups is 1. The summed E-state index contributed by atoms with van der Waals surface area (Å²) in [5, 5.41) is 7.46. The lowest BCUT2D eigenvalue weighted by molar-refractivity contribution is -0.122. The first-order chi connectivity index (χ1) is 9.74. The van der Waals surface area contributed by atoms with Crippen LogP contribution in [0.2, 0.25) is 0 Å². The van der Waals surface area contributed by atoms with E-state index in [1.165, 1.54) is 4.70 Å². The van der Waals surface area contributed by atoms with Crippen LogP contribution < -0.4 is 10.6 Å². The molecule has 4 nitrogen and oxygen atoms in total. The monoisotopic (exact) mass is 289 g/mol. The van der Waals surface area contributed by atoms with Crippen LogP contribution in [0, 0.1) is 5.92 Å². The summed E-state index contributed by atoms with van der Waals surface area (Å²) in [6, 6.07) is 8.40. The van der Waals surface area contributed by atoms with Crippen LogP contribution in [0.25, 0.3) is 10.2 Å². The first-order valence-corrected chi connectivity index (χ1v) is 7.92. The second-order valence-corrected chi connectivity index (χ2v) is 6.32. The molecule has 1 aromatic heterocycles. The summed E-state index contributed by atoms with van der Waals surface area (Å²) in [6.45, 7) is 3.57. The third-order valence-electron chi connectivity index (χ3n) is 3.50. The minimum atomic E-state index is 0.208. The zero-order valence-corrected chi connectivity index (χ0v) is 12.4. The maximum Gasteiger partial charge on any atom is 0.223 e. The van der Waals surface area contributed by atoms with Crippen molar-refractivity contribution < 1.29 is 4.79 Å². The number of rotatable bonds is 6. The van der Waals surface area contributed by atoms with Gasteiger partial charge in [-0.1, -0.05) is 12.1 Å². The van der Waals surface area contributed by atoms with E-state index in [4.69, 9.17) is 0 Å². The molecule has 1 fully saturated rings. The number of thiazole rings is 1. The Balaban J connectivity index is 1.48. The molecule has 5 heteroatoms. The summed E-state index contributed by atoms with van der Waals surface area (Å²) in [5.74, 6) is 0.496. The van der Waals surface area contributed by atoms with Crippen LogP contribution in [0.1, 0.15) is 30.8 Å². The van der Waals surface area contributed by atoms with Crippen molar-refractivity contribution in [2.75, 3.05) is 13.1 Å². The normalized spacial score (nSPS) is 16.2. The predicted molar refractivity (Wildman–Crippen MR) is 81.8 cm³/mol. The largest absolute Gasteiger partial charge is 0.355 e. The van der Waals surface area contributed by atoms with Crippen LogP contribution in [0.3, 0.4) is 0 Å². The molecule has 1 amide bonds. The lowest BCUT2D eigenvalue weighted by atomic mass is 10.3. The van der Waals surface area contributed by atoms with E-state index in [0.29, 0.717) is 6.54 Å². The van der Waals surface area contributed by atoms with E-state index in [2.05, 4.69) is 28.6 Å². The first kappa shape index (κ1) is 13.5. The molecule has 0 spiro atoms. The molecular weight excluding hydrogens is 270 g/mol. The van der Waals surface area contributed by atoms with Crippen molar-refractivity contribution in [1.29, 1.82) is 0 Å². The summed E-state index contributed by atoms with van der Waals surface area (Å²) >= 11 is 1.72. The number of nitrogens with zero attached hydrogens (tertiary/aromatic N) is 1. The minimum absolute atomic E-state index is 0.208. The lowest BCUT2D eigenvalue weighted by Gasteiger charge is -2.11. The smallest absolute Gasteiger partial charge is 0.223 e. The number of aromatic nitrogens is 1. The summed E-state index contributed by atoms with van der Waals surface area (Å²) < 4.78 is 1.22. The number of carbonyl (C=O) groups excluding carboxylic acids is 1. The van der Waals surface area contributed by atoms with E-state index in [0.717, 1.165) is 29.9 Å². The highest BCUT2D eigenvalue weighted by atomic mass is 32.1. The van der Waals surface area contributed by atoms with Crippen LogP contribution in [-0.2, 0) is 4.79 Å². The SMILES string of the molecule is CC(NCCNC(=O)C1CC1)c1nc2ccccc2s1. The van der Waals surface area contributed by atoms with Crippen molar-refractivity contribution in [3.05, 3.63) is 29.3 Å². The van der Waals surface area contributed by atoms with Gasteiger partial charge in [-0.25, -0.2) is 4.98 Å². The van der Waals surface area contributed by atoms with Gasteiger partial charge in [0.05, 0.1) is 16.3 Å². The van der Waals surface area contributed by atoms with E-state index in [1.54, 1.807) is 11.3 Å². The van der Waals surface area contributed by atoms with Crippen molar-refractivity contribution in [2.45, 2.75) is 25.8 Å². The van der Waals surface area contributed by atoms with Crippen LogP contribution >= 0.6 is 11.3 Å². The fourth-order valence-electron chi connectivity index (χ4n) is 2.13. The van der Waals surface area contributed by atoms with Gasteiger partial charge in [-0.05, 0) is 31.9 Å². The Kier molecular flexibility index (Phi) is 3.98. The van der Waals surface area contributed by atoms with Gasteiger partial charge in [0.1, 0.15) is 5.01 Å². The number of benzene rings is 1. The zero-order chi connectivity index (χ0) is 13.9. The number of para-hydroxylation sites is 1. The van der Waals surface area contributed by atoms with Gasteiger partial charge in [-0.3, -0.25) is 4.79 Å². The van der Waals surface area contributed by atoms with E-state index >= 15 is 0 Å². The molecule has 1 aromatic carbocycles. The van der Waals surface area contributed by atoms with E-state index in [1.807, 2.05) is 18.2 Å². The molecule has 3 rings (SSSR count). The maximum absolute atomic E-state index is 11.5. The summed E-state index contributed by atoms with van der Waals surface area (Å²) in [7, 11) is 0. The van der Waals surface area contributed by atoms with E-state index < -0.39 is 0 Å². The number of hydrogen-bond acceptors (Lipinski definition) is 4. The minimum Gasteiger partial charge on any atom is -0.355 e. The molecule has 0 bridgehead atoms. The molecule has 1 aliphatic carbocycles. The number of hydrogen-bond donors (Lipinski definition) is 2. The van der Waals surface area contributed by atoms with Gasteiger partial charge in [0.15, 0.2) is 0 Å². The van der Waals surface area contributed by atoms with Crippen molar-refractivity contribution >= 4 is 27.5 Å². The Morgan fingerprint density at radius 3 is 2.95 bits per heavy atom. The number of nitrogens with one attached hydrogen (secondary N) is 2. The second kappa shape index (κ2) is 5.89. The fourth-order valence-corrected chi connectivity index (χ4v) is 3.12. The predicted octanol–water partition coefficient (Wildman–Crippen LogP) is 2.47. The molecule has 1 atom stereocenters. The third-order valence-corrected chi connectivity index (χ3v) is 4.72. The number of fused-ring (bicyclic) bond motifs is 1. The molecule has 1 heterocycles. The molecule has 0 radical (unpaired) electrons. The van der Waals surface area contributed by atoms with Gasteiger partial charge in [0.2, 0.25) is 5.91 Å². The maximum atomic E-state index is 11.5. The van der Waals surface area contributed by atoms with Crippen LogP contribution in [0.4, 0.5) is 0 Å². The Bertz CT molecular complexity index is 573. The average Bonchev–Trinajstić information content (AvgIpc) is 3.21. The standard InChI is InChI=1S/C15H19N3OS/c1-10(16-8-9-17-14(19)11-6-7-11)15-18-12-4-2-3-5-13(12)20-15/h2-5,10-11,16H,6-9H2,1H3,(H,17,19). The Morgan fingerprint density at radius 1 is 1.40 bits per heavy atom. The van der Waals surface area contributed by atoms with E-state index in [9.17, 15) is 4.79 Å².